The Hall–Kier alpha value is -1.61. The zero-order valence-electron chi connectivity index (χ0n) is 9.23. The summed E-state index contributed by atoms with van der Waals surface area (Å²) in [5, 5.41) is 4.17. The van der Waals surface area contributed by atoms with E-state index in [9.17, 15) is 0 Å². The number of nitrogens with zero attached hydrogens (tertiary/aromatic N) is 1. The van der Waals surface area contributed by atoms with Gasteiger partial charge < -0.3 is 5.32 Å². The summed E-state index contributed by atoms with van der Waals surface area (Å²) in [6.07, 6.45) is 1.83. The first-order chi connectivity index (χ1) is 7.81. The number of nitrogens with one attached hydrogen (secondary N) is 1. The van der Waals surface area contributed by atoms with Crippen molar-refractivity contribution in [2.75, 3.05) is 11.9 Å². The van der Waals surface area contributed by atoms with Crippen LogP contribution in [0.1, 0.15) is 4.88 Å². The molecule has 82 valence electrons. The van der Waals surface area contributed by atoms with Gasteiger partial charge >= 0.3 is 0 Å². The number of aryl methyl sites for hydroxylation is 1. The van der Waals surface area contributed by atoms with E-state index >= 15 is 0 Å². The molecular formula is C13H14N2S. The predicted molar refractivity (Wildman–Crippen MR) is 71.0 cm³/mol. The Kier molecular flexibility index (Phi) is 3.37. The van der Waals surface area contributed by atoms with E-state index in [1.807, 2.05) is 24.3 Å². The molecule has 0 saturated carbocycles. The zero-order valence-corrected chi connectivity index (χ0v) is 10.1. The Balaban J connectivity index is 2.28. The Labute approximate surface area is 99.7 Å². The summed E-state index contributed by atoms with van der Waals surface area (Å²) in [6.45, 7) is 6.52. The van der Waals surface area contributed by atoms with Gasteiger partial charge in [0.2, 0.25) is 0 Å². The van der Waals surface area contributed by atoms with Crippen LogP contribution in [0, 0.1) is 6.92 Å². The highest BCUT2D eigenvalue weighted by Crippen LogP contribution is 2.29. The fourth-order valence-electron chi connectivity index (χ4n) is 1.50. The van der Waals surface area contributed by atoms with Crippen LogP contribution in [0.4, 0.5) is 5.13 Å². The van der Waals surface area contributed by atoms with E-state index in [0.717, 1.165) is 17.4 Å². The van der Waals surface area contributed by atoms with Crippen LogP contribution in [0.5, 0.6) is 0 Å². The van der Waals surface area contributed by atoms with Crippen LogP contribution < -0.4 is 5.32 Å². The molecule has 3 heteroatoms. The van der Waals surface area contributed by atoms with Gasteiger partial charge in [-0.1, -0.05) is 36.4 Å². The maximum Gasteiger partial charge on any atom is 0.183 e. The van der Waals surface area contributed by atoms with Gasteiger partial charge in [0, 0.05) is 17.0 Å². The van der Waals surface area contributed by atoms with Gasteiger partial charge in [-0.25, -0.2) is 4.98 Å². The van der Waals surface area contributed by atoms with E-state index in [-0.39, 0.29) is 0 Å². The molecule has 0 saturated heterocycles. The first kappa shape index (κ1) is 10.9. The summed E-state index contributed by atoms with van der Waals surface area (Å²) in [6, 6.07) is 10.2. The normalized spacial score (nSPS) is 10.1. The lowest BCUT2D eigenvalue weighted by molar-refractivity contribution is 1.28. The SMILES string of the molecule is C=CCNc1nc(-c2ccccc2)c(C)s1. The average molecular weight is 230 g/mol. The third kappa shape index (κ3) is 2.31. The van der Waals surface area contributed by atoms with Crippen LogP contribution in [-0.2, 0) is 0 Å². The van der Waals surface area contributed by atoms with Gasteiger partial charge in [-0.2, -0.15) is 0 Å². The Morgan fingerprint density at radius 1 is 1.38 bits per heavy atom. The Morgan fingerprint density at radius 3 is 2.81 bits per heavy atom. The second-order valence-corrected chi connectivity index (χ2v) is 4.66. The maximum atomic E-state index is 4.58. The summed E-state index contributed by atoms with van der Waals surface area (Å²) < 4.78 is 0. The van der Waals surface area contributed by atoms with Crippen LogP contribution >= 0.6 is 11.3 Å². The minimum absolute atomic E-state index is 0.751. The summed E-state index contributed by atoms with van der Waals surface area (Å²) in [5.41, 5.74) is 2.24. The predicted octanol–water partition coefficient (Wildman–Crippen LogP) is 3.72. The first-order valence-electron chi connectivity index (χ1n) is 5.19. The smallest absolute Gasteiger partial charge is 0.183 e. The fourth-order valence-corrected chi connectivity index (χ4v) is 2.34. The minimum Gasteiger partial charge on any atom is -0.358 e. The Bertz CT molecular complexity index is 474. The van der Waals surface area contributed by atoms with Crippen molar-refractivity contribution in [1.29, 1.82) is 0 Å². The van der Waals surface area contributed by atoms with E-state index in [2.05, 4.69) is 35.9 Å². The molecule has 0 bridgehead atoms. The van der Waals surface area contributed by atoms with Crippen molar-refractivity contribution >= 4 is 16.5 Å². The summed E-state index contributed by atoms with van der Waals surface area (Å²) in [4.78, 5) is 5.81. The molecule has 0 amide bonds. The monoisotopic (exact) mass is 230 g/mol. The number of benzene rings is 1. The van der Waals surface area contributed by atoms with Gasteiger partial charge in [-0.3, -0.25) is 0 Å². The molecule has 2 nitrogen and oxygen atoms in total. The van der Waals surface area contributed by atoms with Gasteiger partial charge in [0.1, 0.15) is 0 Å². The molecule has 0 radical (unpaired) electrons. The van der Waals surface area contributed by atoms with E-state index in [4.69, 9.17) is 0 Å². The third-order valence-corrected chi connectivity index (χ3v) is 3.17. The van der Waals surface area contributed by atoms with Crippen molar-refractivity contribution in [2.45, 2.75) is 6.92 Å². The van der Waals surface area contributed by atoms with Crippen LogP contribution in [0.2, 0.25) is 0 Å². The molecular weight excluding hydrogens is 216 g/mol. The molecule has 0 aliphatic rings. The topological polar surface area (TPSA) is 24.9 Å². The second kappa shape index (κ2) is 4.94. The molecule has 0 fully saturated rings. The highest BCUT2D eigenvalue weighted by atomic mass is 32.1. The molecule has 1 aromatic heterocycles. The lowest BCUT2D eigenvalue weighted by Gasteiger charge is -1.97. The van der Waals surface area contributed by atoms with Gasteiger partial charge in [0.15, 0.2) is 5.13 Å². The number of aromatic nitrogens is 1. The first-order valence-corrected chi connectivity index (χ1v) is 6.00. The van der Waals surface area contributed by atoms with Gasteiger partial charge in [0.05, 0.1) is 5.69 Å². The highest BCUT2D eigenvalue weighted by Gasteiger charge is 2.08. The Morgan fingerprint density at radius 2 is 2.12 bits per heavy atom. The van der Waals surface area contributed by atoms with Crippen molar-refractivity contribution in [2.24, 2.45) is 0 Å². The van der Waals surface area contributed by atoms with Gasteiger partial charge in [0.25, 0.3) is 0 Å². The van der Waals surface area contributed by atoms with E-state index < -0.39 is 0 Å². The van der Waals surface area contributed by atoms with E-state index in [0.29, 0.717) is 0 Å². The molecule has 0 spiro atoms. The summed E-state index contributed by atoms with van der Waals surface area (Å²) in [5.74, 6) is 0. The second-order valence-electron chi connectivity index (χ2n) is 3.46. The number of hydrogen-bond acceptors (Lipinski definition) is 3. The zero-order chi connectivity index (χ0) is 11.4. The molecule has 1 heterocycles. The minimum atomic E-state index is 0.751. The molecule has 2 rings (SSSR count). The van der Waals surface area contributed by atoms with Crippen LogP contribution in [0.15, 0.2) is 43.0 Å². The van der Waals surface area contributed by atoms with Crippen molar-refractivity contribution < 1.29 is 0 Å². The molecule has 1 N–H and O–H groups in total. The maximum absolute atomic E-state index is 4.58. The molecule has 0 aliphatic carbocycles. The van der Waals surface area contributed by atoms with Crippen molar-refractivity contribution in [3.63, 3.8) is 0 Å². The summed E-state index contributed by atoms with van der Waals surface area (Å²) >= 11 is 1.68. The van der Waals surface area contributed by atoms with Gasteiger partial charge in [-0.05, 0) is 6.92 Å². The average Bonchev–Trinajstić information content (AvgIpc) is 2.69. The van der Waals surface area contributed by atoms with E-state index in [1.54, 1.807) is 11.3 Å². The number of rotatable bonds is 4. The number of hydrogen-bond donors (Lipinski definition) is 1. The molecule has 1 aromatic carbocycles. The van der Waals surface area contributed by atoms with Crippen molar-refractivity contribution in [3.8, 4) is 11.3 Å². The third-order valence-electron chi connectivity index (χ3n) is 2.24. The molecule has 0 unspecified atom stereocenters. The molecule has 2 aromatic rings. The van der Waals surface area contributed by atoms with Crippen LogP contribution in [0.25, 0.3) is 11.3 Å². The van der Waals surface area contributed by atoms with Gasteiger partial charge in [-0.15, -0.1) is 17.9 Å². The number of anilines is 1. The van der Waals surface area contributed by atoms with Crippen molar-refractivity contribution in [3.05, 3.63) is 47.9 Å². The quantitative estimate of drug-likeness (QED) is 0.810. The van der Waals surface area contributed by atoms with Crippen LogP contribution in [0.3, 0.4) is 0 Å². The highest BCUT2D eigenvalue weighted by molar-refractivity contribution is 7.16. The largest absolute Gasteiger partial charge is 0.358 e. The van der Waals surface area contributed by atoms with Crippen LogP contribution in [-0.4, -0.2) is 11.5 Å². The lowest BCUT2D eigenvalue weighted by Crippen LogP contribution is -1.96. The summed E-state index contributed by atoms with van der Waals surface area (Å²) in [7, 11) is 0. The molecule has 16 heavy (non-hydrogen) atoms. The standard InChI is InChI=1S/C13H14N2S/c1-3-9-14-13-15-12(10(2)16-13)11-7-5-4-6-8-11/h3-8H,1,9H2,2H3,(H,14,15). The number of thiazole rings is 1. The molecule has 0 atom stereocenters. The van der Waals surface area contributed by atoms with E-state index in [1.165, 1.54) is 10.4 Å². The molecule has 0 aliphatic heterocycles. The van der Waals surface area contributed by atoms with Crippen molar-refractivity contribution in [1.82, 2.24) is 4.98 Å². The lowest BCUT2D eigenvalue weighted by atomic mass is 10.1. The fraction of sp³-hybridized carbons (Fsp3) is 0.154.